The molecule has 1 aliphatic heterocycles. The van der Waals surface area contributed by atoms with Crippen LogP contribution in [-0.2, 0) is 0 Å². The molecule has 0 saturated heterocycles. The highest BCUT2D eigenvalue weighted by Gasteiger charge is 2.64. The Labute approximate surface area is 102 Å². The summed E-state index contributed by atoms with van der Waals surface area (Å²) < 4.78 is 43.8. The summed E-state index contributed by atoms with van der Waals surface area (Å²) in [5.74, 6) is 0.497. The van der Waals surface area contributed by atoms with Crippen molar-refractivity contribution in [3.63, 3.8) is 0 Å². The Balaban J connectivity index is 1.82. The van der Waals surface area contributed by atoms with Crippen molar-refractivity contribution in [2.45, 2.75) is 30.6 Å². The molecule has 1 unspecified atom stereocenters. The predicted molar refractivity (Wildman–Crippen MR) is 57.5 cm³/mol. The van der Waals surface area contributed by atoms with Crippen molar-refractivity contribution >= 4 is 0 Å². The number of rotatable bonds is 2. The van der Waals surface area contributed by atoms with Gasteiger partial charge in [-0.2, -0.15) is 13.2 Å². The molecule has 1 aromatic carbocycles. The van der Waals surface area contributed by atoms with E-state index in [1.807, 2.05) is 0 Å². The number of ether oxygens (including phenoxy) is 1. The molecule has 1 atom stereocenters. The first kappa shape index (κ1) is 11.6. The quantitative estimate of drug-likeness (QED) is 0.857. The predicted octanol–water partition coefficient (Wildman–Crippen LogP) is 2.51. The van der Waals surface area contributed by atoms with Crippen LogP contribution in [0.25, 0.3) is 0 Å². The Morgan fingerprint density at radius 2 is 2.06 bits per heavy atom. The van der Waals surface area contributed by atoms with Crippen LogP contribution in [-0.4, -0.2) is 23.4 Å². The van der Waals surface area contributed by atoms with Crippen LogP contribution in [0.3, 0.4) is 0 Å². The van der Waals surface area contributed by atoms with Gasteiger partial charge in [-0.25, -0.2) is 0 Å². The zero-order valence-electron chi connectivity index (χ0n) is 9.42. The molecule has 3 rings (SSSR count). The zero-order valence-corrected chi connectivity index (χ0v) is 9.42. The monoisotopic (exact) mass is 259 g/mol. The molecule has 1 aliphatic carbocycles. The second kappa shape index (κ2) is 3.54. The van der Waals surface area contributed by atoms with E-state index >= 15 is 0 Å². The van der Waals surface area contributed by atoms with Gasteiger partial charge in [0.15, 0.2) is 0 Å². The highest BCUT2D eigenvalue weighted by atomic mass is 19.4. The summed E-state index contributed by atoms with van der Waals surface area (Å²) in [4.78, 5) is 0. The Bertz CT molecular complexity index is 483. The van der Waals surface area contributed by atoms with Crippen molar-refractivity contribution < 1.29 is 23.0 Å². The maximum absolute atomic E-state index is 12.8. The molecule has 0 bridgehead atoms. The summed E-state index contributed by atoms with van der Waals surface area (Å²) in [6, 6.07) is 4.01. The molecule has 18 heavy (non-hydrogen) atoms. The number of fused-ring (bicyclic) bond motifs is 1. The molecule has 3 nitrogen and oxygen atoms in total. The fourth-order valence-electron chi connectivity index (χ4n) is 2.29. The number of hydrogen-bond donors (Lipinski definition) is 2. The van der Waals surface area contributed by atoms with Gasteiger partial charge in [0.25, 0.3) is 0 Å². The number of hydrogen-bond acceptors (Lipinski definition) is 3. The number of halogens is 3. The van der Waals surface area contributed by atoms with E-state index in [1.54, 1.807) is 6.07 Å². The topological polar surface area (TPSA) is 41.5 Å². The standard InChI is InChI=1S/C12H12F3NO2/c13-12(14,15)11(3-4-11)16-9-6-18-10-5-7(17)1-2-8(9)10/h1-2,5,9,16-17H,3-4,6H2. The van der Waals surface area contributed by atoms with Gasteiger partial charge in [0, 0.05) is 11.6 Å². The van der Waals surface area contributed by atoms with Crippen molar-refractivity contribution in [1.82, 2.24) is 5.32 Å². The number of benzene rings is 1. The molecule has 1 saturated carbocycles. The fraction of sp³-hybridized carbons (Fsp3) is 0.500. The van der Waals surface area contributed by atoms with Crippen LogP contribution in [0.1, 0.15) is 24.4 Å². The lowest BCUT2D eigenvalue weighted by Crippen LogP contribution is -2.46. The lowest BCUT2D eigenvalue weighted by atomic mass is 10.1. The molecular formula is C12H12F3NO2. The lowest BCUT2D eigenvalue weighted by Gasteiger charge is -2.24. The molecule has 1 heterocycles. The minimum Gasteiger partial charge on any atom is -0.508 e. The first-order valence-corrected chi connectivity index (χ1v) is 5.71. The third kappa shape index (κ3) is 1.71. The molecule has 98 valence electrons. The van der Waals surface area contributed by atoms with Gasteiger partial charge in [-0.1, -0.05) is 0 Å². The fourth-order valence-corrected chi connectivity index (χ4v) is 2.29. The summed E-state index contributed by atoms with van der Waals surface area (Å²) in [6.45, 7) is 0.163. The minimum atomic E-state index is -4.23. The molecule has 1 fully saturated rings. The number of nitrogens with one attached hydrogen (secondary N) is 1. The van der Waals surface area contributed by atoms with Crippen LogP contribution < -0.4 is 10.1 Å². The van der Waals surface area contributed by atoms with Gasteiger partial charge in [-0.15, -0.1) is 0 Å². The van der Waals surface area contributed by atoms with Gasteiger partial charge >= 0.3 is 6.18 Å². The third-order valence-electron chi connectivity index (χ3n) is 3.52. The van der Waals surface area contributed by atoms with Crippen molar-refractivity contribution in [2.75, 3.05) is 6.61 Å². The average Bonchev–Trinajstić information content (AvgIpc) is 2.96. The summed E-state index contributed by atoms with van der Waals surface area (Å²) in [6.07, 6.45) is -4.01. The lowest BCUT2D eigenvalue weighted by molar-refractivity contribution is -0.168. The van der Waals surface area contributed by atoms with Crippen LogP contribution in [0.4, 0.5) is 13.2 Å². The molecule has 0 spiro atoms. The second-order valence-electron chi connectivity index (χ2n) is 4.81. The van der Waals surface area contributed by atoms with Gasteiger partial charge in [-0.05, 0) is 25.0 Å². The van der Waals surface area contributed by atoms with Gasteiger partial charge in [0.1, 0.15) is 23.6 Å². The first-order valence-electron chi connectivity index (χ1n) is 5.71. The molecule has 2 aliphatic rings. The average molecular weight is 259 g/mol. The van der Waals surface area contributed by atoms with Crippen LogP contribution in [0.15, 0.2) is 18.2 Å². The maximum atomic E-state index is 12.8. The molecule has 0 aromatic heterocycles. The second-order valence-corrected chi connectivity index (χ2v) is 4.81. The zero-order chi connectivity index (χ0) is 13.0. The van der Waals surface area contributed by atoms with Gasteiger partial charge in [0.05, 0.1) is 6.04 Å². The van der Waals surface area contributed by atoms with Crippen LogP contribution >= 0.6 is 0 Å². The largest absolute Gasteiger partial charge is 0.508 e. The Kier molecular flexibility index (Phi) is 2.29. The summed E-state index contributed by atoms with van der Waals surface area (Å²) in [7, 11) is 0. The van der Waals surface area contributed by atoms with Crippen molar-refractivity contribution in [1.29, 1.82) is 0 Å². The number of phenols is 1. The normalized spacial score (nSPS) is 24.5. The Morgan fingerprint density at radius 1 is 1.33 bits per heavy atom. The Morgan fingerprint density at radius 3 is 2.67 bits per heavy atom. The van der Waals surface area contributed by atoms with E-state index < -0.39 is 17.8 Å². The summed E-state index contributed by atoms with van der Waals surface area (Å²) in [5, 5.41) is 11.9. The summed E-state index contributed by atoms with van der Waals surface area (Å²) in [5.41, 5.74) is -1.08. The van der Waals surface area contributed by atoms with E-state index in [0.29, 0.717) is 11.3 Å². The van der Waals surface area contributed by atoms with E-state index in [-0.39, 0.29) is 25.2 Å². The van der Waals surface area contributed by atoms with Crippen molar-refractivity contribution in [3.8, 4) is 11.5 Å². The molecule has 6 heteroatoms. The Hall–Kier alpha value is -1.43. The minimum absolute atomic E-state index is 0.0476. The van der Waals surface area contributed by atoms with E-state index in [1.165, 1.54) is 12.1 Å². The third-order valence-corrected chi connectivity index (χ3v) is 3.52. The van der Waals surface area contributed by atoms with Crippen LogP contribution in [0.2, 0.25) is 0 Å². The highest BCUT2D eigenvalue weighted by molar-refractivity contribution is 5.44. The first-order chi connectivity index (χ1) is 8.41. The molecular weight excluding hydrogens is 247 g/mol. The molecule has 0 amide bonds. The highest BCUT2D eigenvalue weighted by Crippen LogP contribution is 2.51. The van der Waals surface area contributed by atoms with E-state index in [4.69, 9.17) is 4.74 Å². The SMILES string of the molecule is Oc1ccc2c(c1)OCC2NC1(C(F)(F)F)CC1. The number of phenolic OH excluding ortho intramolecular Hbond substituents is 1. The summed E-state index contributed by atoms with van der Waals surface area (Å²) >= 11 is 0. The van der Waals surface area contributed by atoms with E-state index in [2.05, 4.69) is 5.32 Å². The molecule has 0 radical (unpaired) electrons. The van der Waals surface area contributed by atoms with Crippen molar-refractivity contribution in [2.24, 2.45) is 0 Å². The molecule has 1 aromatic rings. The van der Waals surface area contributed by atoms with E-state index in [9.17, 15) is 18.3 Å². The number of aromatic hydroxyl groups is 1. The van der Waals surface area contributed by atoms with Gasteiger partial charge in [-0.3, -0.25) is 5.32 Å². The van der Waals surface area contributed by atoms with Crippen LogP contribution in [0, 0.1) is 0 Å². The van der Waals surface area contributed by atoms with Crippen molar-refractivity contribution in [3.05, 3.63) is 23.8 Å². The van der Waals surface area contributed by atoms with Gasteiger partial charge in [0.2, 0.25) is 0 Å². The van der Waals surface area contributed by atoms with Crippen LogP contribution in [0.5, 0.6) is 11.5 Å². The van der Waals surface area contributed by atoms with E-state index in [0.717, 1.165) is 0 Å². The smallest absolute Gasteiger partial charge is 0.406 e. The van der Waals surface area contributed by atoms with Gasteiger partial charge < -0.3 is 9.84 Å². The number of alkyl halides is 3. The maximum Gasteiger partial charge on any atom is 0.406 e. The molecule has 2 N–H and O–H groups in total.